The zero-order chi connectivity index (χ0) is 52.2. The molecule has 0 aliphatic carbocycles. The molecular formula is C51H60N8O13. The van der Waals surface area contributed by atoms with Crippen LogP contribution >= 0.6 is 0 Å². The number of carboxylic acids is 2. The van der Waals surface area contributed by atoms with Gasteiger partial charge in [0, 0.05) is 32.2 Å². The summed E-state index contributed by atoms with van der Waals surface area (Å²) in [6.07, 6.45) is -0.673. The number of carboxylic acid groups (broad SMARTS) is 2. The highest BCUT2D eigenvalue weighted by molar-refractivity contribution is 5.97. The number of rotatable bonds is 26. The van der Waals surface area contributed by atoms with Crippen LogP contribution in [0.5, 0.6) is 5.75 Å². The van der Waals surface area contributed by atoms with Gasteiger partial charge in [0.05, 0.1) is 19.2 Å². The molecule has 0 bridgehead atoms. The minimum atomic E-state index is -1.69. The van der Waals surface area contributed by atoms with Crippen molar-refractivity contribution in [2.75, 3.05) is 19.7 Å². The smallest absolute Gasteiger partial charge is 0.328 e. The monoisotopic (exact) mass is 992 g/mol. The van der Waals surface area contributed by atoms with Crippen LogP contribution < -0.4 is 37.6 Å². The molecule has 1 aliphatic rings. The molecule has 382 valence electrons. The molecule has 4 aromatic carbocycles. The lowest BCUT2D eigenvalue weighted by Gasteiger charge is -2.28. The number of aliphatic carboxylic acids is 2. The fraction of sp³-hybridized carbons (Fsp3) is 0.353. The molecule has 0 spiro atoms. The molecule has 5 rings (SSSR count). The maximum Gasteiger partial charge on any atom is 0.328 e. The van der Waals surface area contributed by atoms with E-state index < -0.39 is 122 Å². The number of aliphatic hydroxyl groups excluding tert-OH is 1. The Labute approximate surface area is 414 Å². The van der Waals surface area contributed by atoms with E-state index >= 15 is 0 Å². The van der Waals surface area contributed by atoms with Crippen molar-refractivity contribution in [2.24, 2.45) is 5.73 Å². The molecule has 4 aromatic rings. The number of phenolic OH excluding ortho intramolecular Hbond substituents is 1. The van der Waals surface area contributed by atoms with Gasteiger partial charge in [-0.15, -0.1) is 0 Å². The van der Waals surface area contributed by atoms with E-state index in [0.29, 0.717) is 23.1 Å². The van der Waals surface area contributed by atoms with Gasteiger partial charge in [0.2, 0.25) is 41.4 Å². The van der Waals surface area contributed by atoms with E-state index in [4.69, 9.17) is 5.73 Å². The summed E-state index contributed by atoms with van der Waals surface area (Å²) in [6, 6.07) is 22.4. The third kappa shape index (κ3) is 17.1. The molecule has 1 saturated heterocycles. The molecular weight excluding hydrogens is 933 g/mol. The molecule has 0 unspecified atom stereocenters. The summed E-state index contributed by atoms with van der Waals surface area (Å²) in [5.74, 6) is -8.50. The maximum atomic E-state index is 14.2. The van der Waals surface area contributed by atoms with Gasteiger partial charge in [0.25, 0.3) is 0 Å². The summed E-state index contributed by atoms with van der Waals surface area (Å²) < 4.78 is 0. The zero-order valence-electron chi connectivity index (χ0n) is 39.3. The number of phenols is 1. The summed E-state index contributed by atoms with van der Waals surface area (Å²) in [5, 5.41) is 53.6. The number of nitrogens with zero attached hydrogens (tertiary/aromatic N) is 1. The molecule has 21 heteroatoms. The first-order valence-electron chi connectivity index (χ1n) is 23.3. The number of hydrogen-bond acceptors (Lipinski definition) is 12. The Hall–Kier alpha value is -8.17. The Balaban J connectivity index is 1.29. The first-order chi connectivity index (χ1) is 34.5. The average molecular weight is 993 g/mol. The lowest BCUT2D eigenvalue weighted by molar-refractivity contribution is -0.143. The first-order valence-corrected chi connectivity index (χ1v) is 23.3. The number of likely N-dealkylation sites (tertiary alicyclic amines) is 1. The van der Waals surface area contributed by atoms with Gasteiger partial charge >= 0.3 is 11.9 Å². The lowest BCUT2D eigenvalue weighted by Crippen LogP contribution is -2.60. The van der Waals surface area contributed by atoms with Crippen molar-refractivity contribution in [3.63, 3.8) is 0 Å². The number of aromatic hydroxyl groups is 1. The van der Waals surface area contributed by atoms with Crippen LogP contribution in [-0.2, 0) is 68.8 Å². The molecule has 12 N–H and O–H groups in total. The standard InChI is InChI=1S/C51H60N8O13/c52-36(25-31-11-4-1-5-12-31)45(65)55-38(28-34-18-20-35(61)21-19-34)46(66)53-29-43(62)59-24-10-17-42(59)50(70)54-37(22-23-44(63)64)47(67)56-39(26-32-13-6-2-7-14-32)48(68)57-40(27-33-15-8-3-9-16-33)49(69)58-41(30-60)51(71)72/h1-9,11-16,18-21,36-42,60-61H,10,17,22-30,52H2,(H,53,66)(H,54,70)(H,55,65)(H,56,67)(H,57,68)(H,58,69)(H,63,64)(H,71,72)/t36-,37-,38-,39-,40-,41-,42+/m1/s1. The van der Waals surface area contributed by atoms with Gasteiger partial charge in [-0.1, -0.05) is 103 Å². The molecule has 0 radical (unpaired) electrons. The second-order valence-corrected chi connectivity index (χ2v) is 17.3. The van der Waals surface area contributed by atoms with Crippen LogP contribution in [0.4, 0.5) is 0 Å². The van der Waals surface area contributed by atoms with Gasteiger partial charge in [-0.2, -0.15) is 0 Å². The van der Waals surface area contributed by atoms with Crippen LogP contribution in [0.1, 0.15) is 47.9 Å². The predicted molar refractivity (Wildman–Crippen MR) is 259 cm³/mol. The summed E-state index contributed by atoms with van der Waals surface area (Å²) in [7, 11) is 0. The first kappa shape index (κ1) is 54.8. The van der Waals surface area contributed by atoms with Gasteiger partial charge in [-0.25, -0.2) is 4.79 Å². The second-order valence-electron chi connectivity index (χ2n) is 17.3. The molecule has 7 atom stereocenters. The molecule has 1 heterocycles. The zero-order valence-corrected chi connectivity index (χ0v) is 39.3. The van der Waals surface area contributed by atoms with E-state index in [-0.39, 0.29) is 44.4 Å². The van der Waals surface area contributed by atoms with Crippen LogP contribution in [0.2, 0.25) is 0 Å². The van der Waals surface area contributed by atoms with E-state index in [1.807, 2.05) is 6.07 Å². The molecule has 1 aliphatic heterocycles. The highest BCUT2D eigenvalue weighted by atomic mass is 16.4. The topological polar surface area (TPSA) is 336 Å². The third-order valence-electron chi connectivity index (χ3n) is 11.8. The summed E-state index contributed by atoms with van der Waals surface area (Å²) >= 11 is 0. The van der Waals surface area contributed by atoms with Crippen molar-refractivity contribution in [2.45, 2.75) is 93.7 Å². The molecule has 21 nitrogen and oxygen atoms in total. The molecule has 1 fully saturated rings. The SMILES string of the molecule is N[C@H](Cc1ccccc1)C(=O)N[C@H](Cc1ccc(O)cc1)C(=O)NCC(=O)N1CCC[C@H]1C(=O)N[C@H](CCC(=O)O)C(=O)N[C@H](Cc1ccccc1)C(=O)N[C@H](Cc1ccccc1)C(=O)N[C@H](CO)C(=O)O. The van der Waals surface area contributed by atoms with Crippen LogP contribution in [0.15, 0.2) is 115 Å². The number of carbonyl (C=O) groups excluding carboxylic acids is 7. The number of nitrogens with two attached hydrogens (primary N) is 1. The van der Waals surface area contributed by atoms with Crippen molar-refractivity contribution in [3.8, 4) is 5.75 Å². The van der Waals surface area contributed by atoms with Crippen molar-refractivity contribution in [3.05, 3.63) is 138 Å². The van der Waals surface area contributed by atoms with Crippen molar-refractivity contribution >= 4 is 53.3 Å². The van der Waals surface area contributed by atoms with E-state index in [1.165, 1.54) is 17.0 Å². The molecule has 0 saturated carbocycles. The Kier molecular flexibility index (Phi) is 20.8. The summed E-state index contributed by atoms with van der Waals surface area (Å²) in [4.78, 5) is 121. The van der Waals surface area contributed by atoms with Crippen LogP contribution in [0.25, 0.3) is 0 Å². The predicted octanol–water partition coefficient (Wildman–Crippen LogP) is -0.537. The summed E-state index contributed by atoms with van der Waals surface area (Å²) in [5.41, 5.74) is 8.72. The number of nitrogens with one attached hydrogen (secondary N) is 6. The number of carbonyl (C=O) groups is 9. The fourth-order valence-electron chi connectivity index (χ4n) is 7.97. The molecule has 7 amide bonds. The van der Waals surface area contributed by atoms with Crippen LogP contribution in [0.3, 0.4) is 0 Å². The van der Waals surface area contributed by atoms with Gasteiger partial charge in [-0.3, -0.25) is 38.4 Å². The van der Waals surface area contributed by atoms with Crippen molar-refractivity contribution in [1.29, 1.82) is 0 Å². The molecule has 72 heavy (non-hydrogen) atoms. The summed E-state index contributed by atoms with van der Waals surface area (Å²) in [6.45, 7) is -1.45. The Bertz CT molecular complexity index is 2500. The lowest BCUT2D eigenvalue weighted by atomic mass is 10.0. The van der Waals surface area contributed by atoms with Crippen molar-refractivity contribution in [1.82, 2.24) is 36.8 Å². The Morgan fingerprint density at radius 2 is 1.00 bits per heavy atom. The number of amides is 7. The average Bonchev–Trinajstić information content (AvgIpc) is 3.87. The largest absolute Gasteiger partial charge is 0.508 e. The highest BCUT2D eigenvalue weighted by Gasteiger charge is 2.38. The minimum absolute atomic E-state index is 0.0153. The van der Waals surface area contributed by atoms with E-state index in [2.05, 4.69) is 31.9 Å². The Morgan fingerprint density at radius 1 is 0.556 bits per heavy atom. The van der Waals surface area contributed by atoms with Crippen LogP contribution in [0, 0.1) is 0 Å². The van der Waals surface area contributed by atoms with Crippen molar-refractivity contribution < 1.29 is 63.6 Å². The fourth-order valence-corrected chi connectivity index (χ4v) is 7.97. The van der Waals surface area contributed by atoms with Gasteiger partial charge < -0.3 is 63.0 Å². The number of benzene rings is 4. The number of aliphatic hydroxyl groups is 1. The van der Waals surface area contributed by atoms with E-state index in [0.717, 1.165) is 5.56 Å². The Morgan fingerprint density at radius 3 is 1.49 bits per heavy atom. The quantitative estimate of drug-likeness (QED) is 0.0377. The van der Waals surface area contributed by atoms with E-state index in [9.17, 15) is 63.6 Å². The second kappa shape index (κ2) is 27.3. The molecule has 0 aromatic heterocycles. The van der Waals surface area contributed by atoms with Gasteiger partial charge in [0.15, 0.2) is 0 Å². The van der Waals surface area contributed by atoms with Gasteiger partial charge in [-0.05, 0) is 60.1 Å². The van der Waals surface area contributed by atoms with E-state index in [1.54, 1.807) is 97.1 Å². The normalized spacial score (nSPS) is 15.5. The maximum absolute atomic E-state index is 14.2. The highest BCUT2D eigenvalue weighted by Crippen LogP contribution is 2.19. The van der Waals surface area contributed by atoms with Crippen LogP contribution in [-0.4, -0.2) is 141 Å². The third-order valence-corrected chi connectivity index (χ3v) is 11.8. The van der Waals surface area contributed by atoms with Gasteiger partial charge in [0.1, 0.15) is 42.0 Å². The number of hydrogen-bond donors (Lipinski definition) is 11. The minimum Gasteiger partial charge on any atom is -0.508 e.